The second-order valence-corrected chi connectivity index (χ2v) is 7.88. The number of anilines is 1. The molecule has 0 aliphatic carbocycles. The van der Waals surface area contributed by atoms with Gasteiger partial charge in [0.2, 0.25) is 5.91 Å². The number of nitrogens with one attached hydrogen (secondary N) is 1. The third-order valence-corrected chi connectivity index (χ3v) is 5.72. The van der Waals surface area contributed by atoms with Gasteiger partial charge in [0, 0.05) is 22.8 Å². The summed E-state index contributed by atoms with van der Waals surface area (Å²) in [6.07, 6.45) is 1.65. The van der Waals surface area contributed by atoms with Crippen molar-refractivity contribution in [2.24, 2.45) is 0 Å². The van der Waals surface area contributed by atoms with E-state index in [-0.39, 0.29) is 11.7 Å². The number of nitrogens with zero attached hydrogens (tertiary/aromatic N) is 4. The van der Waals surface area contributed by atoms with Gasteiger partial charge in [-0.15, -0.1) is 21.5 Å². The lowest BCUT2D eigenvalue weighted by Gasteiger charge is -2.11. The van der Waals surface area contributed by atoms with Crippen LogP contribution in [-0.4, -0.2) is 31.4 Å². The van der Waals surface area contributed by atoms with Crippen LogP contribution in [0.3, 0.4) is 0 Å². The first-order chi connectivity index (χ1) is 13.7. The highest BCUT2D eigenvalue weighted by Crippen LogP contribution is 2.31. The van der Waals surface area contributed by atoms with Crippen molar-refractivity contribution in [2.75, 3.05) is 11.1 Å². The minimum Gasteiger partial charge on any atom is -0.301 e. The molecule has 0 saturated carbocycles. The minimum atomic E-state index is -0.151. The predicted octanol–water partition coefficient (Wildman–Crippen LogP) is 4.78. The summed E-state index contributed by atoms with van der Waals surface area (Å²) in [6, 6.07) is 17.2. The summed E-state index contributed by atoms with van der Waals surface area (Å²) < 4.78 is 1.91. The monoisotopic (exact) mass is 427 g/mol. The van der Waals surface area contributed by atoms with Gasteiger partial charge in [-0.3, -0.25) is 9.36 Å². The molecule has 2 aromatic heterocycles. The van der Waals surface area contributed by atoms with Gasteiger partial charge in [0.15, 0.2) is 16.1 Å². The molecule has 4 aromatic rings. The van der Waals surface area contributed by atoms with Crippen molar-refractivity contribution in [3.05, 3.63) is 71.2 Å². The van der Waals surface area contributed by atoms with Crippen molar-refractivity contribution in [2.45, 2.75) is 5.16 Å². The van der Waals surface area contributed by atoms with E-state index in [2.05, 4.69) is 20.5 Å². The molecule has 0 aliphatic rings. The Morgan fingerprint density at radius 2 is 1.89 bits per heavy atom. The third kappa shape index (κ3) is 4.09. The van der Waals surface area contributed by atoms with E-state index >= 15 is 0 Å². The number of thiazole rings is 1. The van der Waals surface area contributed by atoms with Gasteiger partial charge in [0.05, 0.1) is 10.8 Å². The number of carbonyl (C=O) groups is 1. The Hall–Kier alpha value is -2.68. The molecule has 0 aliphatic heterocycles. The largest absolute Gasteiger partial charge is 0.301 e. The maximum atomic E-state index is 12.2. The van der Waals surface area contributed by atoms with Gasteiger partial charge < -0.3 is 5.32 Å². The minimum absolute atomic E-state index is 0.151. The first-order valence-electron chi connectivity index (χ1n) is 8.30. The lowest BCUT2D eigenvalue weighted by Crippen LogP contribution is -2.14. The third-order valence-electron chi connectivity index (χ3n) is 3.77. The zero-order valence-corrected chi connectivity index (χ0v) is 16.8. The topological polar surface area (TPSA) is 72.7 Å². The van der Waals surface area contributed by atoms with Gasteiger partial charge in [-0.1, -0.05) is 53.7 Å². The van der Waals surface area contributed by atoms with Crippen molar-refractivity contribution >= 4 is 45.7 Å². The van der Waals surface area contributed by atoms with Crippen LogP contribution < -0.4 is 5.32 Å². The Bertz CT molecular complexity index is 1080. The first kappa shape index (κ1) is 18.7. The quantitative estimate of drug-likeness (QED) is 0.448. The molecular formula is C19H14ClN5OS2. The second kappa shape index (κ2) is 8.55. The highest BCUT2D eigenvalue weighted by molar-refractivity contribution is 7.99. The summed E-state index contributed by atoms with van der Waals surface area (Å²) >= 11 is 9.06. The number of aromatic nitrogens is 4. The van der Waals surface area contributed by atoms with Crippen LogP contribution in [0, 0.1) is 0 Å². The van der Waals surface area contributed by atoms with Crippen LogP contribution in [0.2, 0.25) is 5.02 Å². The van der Waals surface area contributed by atoms with Crippen molar-refractivity contribution < 1.29 is 4.79 Å². The van der Waals surface area contributed by atoms with E-state index in [4.69, 9.17) is 11.6 Å². The lowest BCUT2D eigenvalue weighted by atomic mass is 10.2. The molecule has 1 N–H and O–H groups in total. The number of para-hydroxylation sites is 1. The number of benzene rings is 2. The van der Waals surface area contributed by atoms with Gasteiger partial charge in [-0.05, 0) is 24.3 Å². The number of hydrogen-bond donors (Lipinski definition) is 1. The SMILES string of the molecule is O=C(CSc1nnc(-c2ccccc2Cl)n1-c1ccccc1)Nc1nccs1. The molecule has 140 valence electrons. The molecule has 28 heavy (non-hydrogen) atoms. The van der Waals surface area contributed by atoms with Crippen LogP contribution in [0.25, 0.3) is 17.1 Å². The molecule has 2 aromatic carbocycles. The van der Waals surface area contributed by atoms with Crippen LogP contribution >= 0.6 is 34.7 Å². The van der Waals surface area contributed by atoms with E-state index in [1.807, 2.05) is 64.5 Å². The number of halogens is 1. The molecule has 4 rings (SSSR count). The molecule has 0 bridgehead atoms. The van der Waals surface area contributed by atoms with Crippen LogP contribution in [-0.2, 0) is 4.79 Å². The molecule has 0 radical (unpaired) electrons. The summed E-state index contributed by atoms with van der Waals surface area (Å²) in [5.41, 5.74) is 1.67. The van der Waals surface area contributed by atoms with Gasteiger partial charge in [0.25, 0.3) is 0 Å². The Labute approximate surface area is 174 Å². The van der Waals surface area contributed by atoms with Crippen molar-refractivity contribution in [3.63, 3.8) is 0 Å². The summed E-state index contributed by atoms with van der Waals surface area (Å²) in [4.78, 5) is 16.3. The lowest BCUT2D eigenvalue weighted by molar-refractivity contribution is -0.113. The Morgan fingerprint density at radius 1 is 1.11 bits per heavy atom. The van der Waals surface area contributed by atoms with E-state index in [1.54, 1.807) is 6.20 Å². The van der Waals surface area contributed by atoms with E-state index in [9.17, 15) is 4.79 Å². The van der Waals surface area contributed by atoms with Crippen LogP contribution in [0.1, 0.15) is 0 Å². The molecule has 0 saturated heterocycles. The van der Waals surface area contributed by atoms with E-state index in [0.29, 0.717) is 21.1 Å². The predicted molar refractivity (Wildman–Crippen MR) is 113 cm³/mol. The molecule has 1 amide bonds. The zero-order valence-electron chi connectivity index (χ0n) is 14.4. The van der Waals surface area contributed by atoms with E-state index in [1.165, 1.54) is 23.1 Å². The fourth-order valence-electron chi connectivity index (χ4n) is 2.56. The van der Waals surface area contributed by atoms with E-state index in [0.717, 1.165) is 11.3 Å². The molecule has 0 unspecified atom stereocenters. The molecular weight excluding hydrogens is 414 g/mol. The molecule has 0 fully saturated rings. The van der Waals surface area contributed by atoms with Gasteiger partial charge in [0.1, 0.15) is 0 Å². The highest BCUT2D eigenvalue weighted by atomic mass is 35.5. The van der Waals surface area contributed by atoms with Crippen molar-refractivity contribution in [1.82, 2.24) is 19.7 Å². The average Bonchev–Trinajstić information content (AvgIpc) is 3.37. The summed E-state index contributed by atoms with van der Waals surface area (Å²) in [6.45, 7) is 0. The van der Waals surface area contributed by atoms with Gasteiger partial charge in [-0.25, -0.2) is 4.98 Å². The van der Waals surface area contributed by atoms with Crippen LogP contribution in [0.4, 0.5) is 5.13 Å². The number of rotatable bonds is 6. The van der Waals surface area contributed by atoms with Gasteiger partial charge >= 0.3 is 0 Å². The normalized spacial score (nSPS) is 10.8. The first-order valence-corrected chi connectivity index (χ1v) is 10.5. The molecule has 2 heterocycles. The van der Waals surface area contributed by atoms with Gasteiger partial charge in [-0.2, -0.15) is 0 Å². The van der Waals surface area contributed by atoms with Crippen LogP contribution in [0.5, 0.6) is 0 Å². The maximum Gasteiger partial charge on any atom is 0.236 e. The number of amides is 1. The molecule has 9 heteroatoms. The average molecular weight is 428 g/mol. The fraction of sp³-hybridized carbons (Fsp3) is 0.0526. The smallest absolute Gasteiger partial charge is 0.236 e. The molecule has 0 atom stereocenters. The summed E-state index contributed by atoms with van der Waals surface area (Å²) in [5.74, 6) is 0.661. The van der Waals surface area contributed by atoms with Crippen molar-refractivity contribution in [3.8, 4) is 17.1 Å². The Kier molecular flexibility index (Phi) is 5.70. The van der Waals surface area contributed by atoms with Crippen molar-refractivity contribution in [1.29, 1.82) is 0 Å². The second-order valence-electron chi connectivity index (χ2n) is 5.63. The number of carbonyl (C=O) groups excluding carboxylic acids is 1. The molecule has 6 nitrogen and oxygen atoms in total. The Balaban J connectivity index is 1.64. The Morgan fingerprint density at radius 3 is 2.64 bits per heavy atom. The zero-order chi connectivity index (χ0) is 19.3. The number of hydrogen-bond acceptors (Lipinski definition) is 6. The summed E-state index contributed by atoms with van der Waals surface area (Å²) in [7, 11) is 0. The van der Waals surface area contributed by atoms with E-state index < -0.39 is 0 Å². The standard InChI is InChI=1S/C19H14ClN5OS2/c20-15-9-5-4-8-14(15)17-23-24-19(25(17)13-6-2-1-3-7-13)28-12-16(26)22-18-21-10-11-27-18/h1-11H,12H2,(H,21,22,26). The maximum absolute atomic E-state index is 12.2. The number of thioether (sulfide) groups is 1. The molecule has 0 spiro atoms. The summed E-state index contributed by atoms with van der Waals surface area (Å²) in [5, 5.41) is 15.0. The van der Waals surface area contributed by atoms with Crippen LogP contribution in [0.15, 0.2) is 71.3 Å². The highest BCUT2D eigenvalue weighted by Gasteiger charge is 2.19. The fourth-order valence-corrected chi connectivity index (χ4v) is 4.08.